The molecule has 276 valence electrons. The lowest BCUT2D eigenvalue weighted by Crippen LogP contribution is -2.67. The maximum absolute atomic E-state index is 13.8. The minimum Gasteiger partial charge on any atom is -0.459 e. The number of ether oxygens (including phenoxy) is 1. The molecule has 0 N–H and O–H groups in total. The summed E-state index contributed by atoms with van der Waals surface area (Å²) in [6.07, 6.45) is 0.859. The van der Waals surface area contributed by atoms with E-state index >= 15 is 0 Å². The van der Waals surface area contributed by atoms with Crippen LogP contribution >= 0.6 is 0 Å². The lowest BCUT2D eigenvalue weighted by atomic mass is 9.86. The normalized spacial score (nSPS) is 21.3. The molecule has 7 heteroatoms. The van der Waals surface area contributed by atoms with Crippen LogP contribution in [0, 0.1) is 35.5 Å². The Morgan fingerprint density at radius 3 is 1.76 bits per heavy atom. The van der Waals surface area contributed by atoms with Gasteiger partial charge in [-0.25, -0.2) is 0 Å². The maximum atomic E-state index is 13.8. The molecule has 1 aliphatic rings. The van der Waals surface area contributed by atoms with Gasteiger partial charge in [-0.2, -0.15) is 0 Å². The molecule has 0 saturated carbocycles. The Morgan fingerprint density at radius 1 is 0.784 bits per heavy atom. The fourth-order valence-electron chi connectivity index (χ4n) is 6.22. The molecule has 51 heavy (non-hydrogen) atoms. The van der Waals surface area contributed by atoms with Gasteiger partial charge in [-0.05, 0) is 73.6 Å². The Morgan fingerprint density at radius 2 is 1.29 bits per heavy atom. The van der Waals surface area contributed by atoms with Gasteiger partial charge in [0, 0.05) is 25.7 Å². The Kier molecular flexibility index (Phi) is 14.1. The van der Waals surface area contributed by atoms with Gasteiger partial charge in [-0.1, -0.05) is 132 Å². The molecule has 0 aromatic heterocycles. The van der Waals surface area contributed by atoms with Gasteiger partial charge in [0.15, 0.2) is 8.32 Å². The average Bonchev–Trinajstić information content (AvgIpc) is 3.01. The summed E-state index contributed by atoms with van der Waals surface area (Å²) >= 11 is 0. The Hall–Kier alpha value is -3.21. The van der Waals surface area contributed by atoms with Crippen LogP contribution in [0.1, 0.15) is 101 Å². The van der Waals surface area contributed by atoms with E-state index in [0.29, 0.717) is 19.3 Å². The third-order valence-electron chi connectivity index (χ3n) is 10.1. The molecule has 0 aliphatic heterocycles. The van der Waals surface area contributed by atoms with Gasteiger partial charge in [0.25, 0.3) is 8.32 Å². The van der Waals surface area contributed by atoms with Gasteiger partial charge in [0.1, 0.15) is 29.5 Å². The first-order valence-electron chi connectivity index (χ1n) is 18.4. The first-order valence-corrected chi connectivity index (χ1v) is 23.2. The van der Waals surface area contributed by atoms with Crippen molar-refractivity contribution in [2.45, 2.75) is 142 Å². The molecule has 4 atom stereocenters. The van der Waals surface area contributed by atoms with Crippen molar-refractivity contribution in [3.8, 4) is 23.7 Å². The molecule has 1 aliphatic carbocycles. The third kappa shape index (κ3) is 11.4. The third-order valence-corrected chi connectivity index (χ3v) is 19.6. The van der Waals surface area contributed by atoms with Crippen molar-refractivity contribution in [3.63, 3.8) is 0 Å². The van der Waals surface area contributed by atoms with E-state index in [-0.39, 0.29) is 34.6 Å². The average molecular weight is 727 g/mol. The Balaban J connectivity index is 2.23. The largest absolute Gasteiger partial charge is 0.459 e. The van der Waals surface area contributed by atoms with Crippen molar-refractivity contribution >= 4 is 38.8 Å². The smallest absolute Gasteiger partial charge is 0.317 e. The second kappa shape index (κ2) is 17.1. The molecule has 0 saturated heterocycles. The number of carbonyl (C=O) groups is 2. The van der Waals surface area contributed by atoms with Crippen LogP contribution in [0.4, 0.5) is 0 Å². The van der Waals surface area contributed by atoms with Crippen LogP contribution in [-0.4, -0.2) is 46.2 Å². The second-order valence-electron chi connectivity index (χ2n) is 17.6. The number of carbonyl (C=O) groups excluding carboxylic acids is 2. The van der Waals surface area contributed by atoms with Crippen molar-refractivity contribution in [2.75, 3.05) is 0 Å². The molecule has 0 amide bonds. The summed E-state index contributed by atoms with van der Waals surface area (Å²) in [5.41, 5.74) is 0.168. The molecule has 0 heterocycles. The van der Waals surface area contributed by atoms with E-state index in [2.05, 4.69) is 133 Å². The van der Waals surface area contributed by atoms with Crippen LogP contribution in [0.25, 0.3) is 0 Å². The van der Waals surface area contributed by atoms with Crippen LogP contribution < -0.4 is 10.4 Å². The molecular weight excluding hydrogens is 665 g/mol. The van der Waals surface area contributed by atoms with Crippen LogP contribution in [0.5, 0.6) is 0 Å². The predicted octanol–water partition coefficient (Wildman–Crippen LogP) is 9.01. The highest BCUT2D eigenvalue weighted by molar-refractivity contribution is 6.99. The lowest BCUT2D eigenvalue weighted by Gasteiger charge is -2.45. The van der Waals surface area contributed by atoms with Crippen molar-refractivity contribution in [2.24, 2.45) is 11.8 Å². The fourth-order valence-corrected chi connectivity index (χ4v) is 12.0. The molecule has 2 aromatic carbocycles. The van der Waals surface area contributed by atoms with Gasteiger partial charge in [-0.3, -0.25) is 9.59 Å². The van der Waals surface area contributed by atoms with Gasteiger partial charge in [0.05, 0.1) is 0 Å². The van der Waals surface area contributed by atoms with E-state index in [0.717, 1.165) is 5.57 Å². The van der Waals surface area contributed by atoms with Crippen molar-refractivity contribution < 1.29 is 23.2 Å². The number of esters is 1. The summed E-state index contributed by atoms with van der Waals surface area (Å²) in [6.45, 7) is 29.4. The SMILES string of the molecule is C=C(C)[C@H]1CCC#CC(O[Si](c2ccccc2)(c2ccccc2)C(C)(C)C)CC(O[Si](C)(C)C(C)(C)C)C#CCC(C(=O)OC(C)(C)C)C(=O)C1. The minimum atomic E-state index is -2.97. The highest BCUT2D eigenvalue weighted by Crippen LogP contribution is 2.40. The zero-order valence-electron chi connectivity index (χ0n) is 33.4. The van der Waals surface area contributed by atoms with Gasteiger partial charge in [0.2, 0.25) is 0 Å². The second-order valence-corrected chi connectivity index (χ2v) is 26.6. The number of benzene rings is 2. The first-order chi connectivity index (χ1) is 23.6. The summed E-state index contributed by atoms with van der Waals surface area (Å²) < 4.78 is 20.4. The zero-order chi connectivity index (χ0) is 38.3. The van der Waals surface area contributed by atoms with Crippen LogP contribution in [0.15, 0.2) is 72.8 Å². The van der Waals surface area contributed by atoms with Gasteiger partial charge < -0.3 is 13.6 Å². The summed E-state index contributed by atoms with van der Waals surface area (Å²) in [7, 11) is -5.30. The topological polar surface area (TPSA) is 61.8 Å². The van der Waals surface area contributed by atoms with Crippen molar-refractivity contribution in [1.82, 2.24) is 0 Å². The maximum Gasteiger partial charge on any atom is 0.317 e. The summed E-state index contributed by atoms with van der Waals surface area (Å²) in [6, 6.07) is 21.2. The molecular formula is C44H62O5Si2. The molecule has 0 radical (unpaired) electrons. The number of ketones is 1. The highest BCUT2D eigenvalue weighted by Gasteiger charge is 2.52. The molecule has 3 rings (SSSR count). The Bertz CT molecular complexity index is 1580. The van der Waals surface area contributed by atoms with E-state index < -0.39 is 46.3 Å². The van der Waals surface area contributed by atoms with Crippen LogP contribution in [-0.2, 0) is 23.2 Å². The number of Topliss-reactive ketones (excluding diaryl/α,β-unsaturated/α-hetero) is 1. The van der Waals surface area contributed by atoms with E-state index in [4.69, 9.17) is 13.6 Å². The number of allylic oxidation sites excluding steroid dienone is 1. The lowest BCUT2D eigenvalue weighted by molar-refractivity contribution is -0.162. The molecule has 3 unspecified atom stereocenters. The highest BCUT2D eigenvalue weighted by atomic mass is 28.4. The Labute approximate surface area is 311 Å². The predicted molar refractivity (Wildman–Crippen MR) is 216 cm³/mol. The van der Waals surface area contributed by atoms with Crippen molar-refractivity contribution in [3.05, 3.63) is 72.8 Å². The standard InChI is InChI=1S/C44H62O5Si2/c1-33(2)34-23-20-21-24-36(49-51(44(9,10)11,37-26-16-14-17-27-37)38-28-18-15-19-29-38)32-35(48-50(12,13)43(6,7)8)25-22-30-39(40(45)31-34)41(46)47-42(3,4)5/h14-19,26-29,34-36,39H,1,20,23,30-32H2,2-13H3/t34-,35?,36?,39?/m0/s1. The van der Waals surface area contributed by atoms with Crippen molar-refractivity contribution in [1.29, 1.82) is 0 Å². The van der Waals surface area contributed by atoms with Gasteiger partial charge in [-0.15, -0.1) is 5.92 Å². The molecule has 0 spiro atoms. The molecule has 5 nitrogen and oxygen atoms in total. The van der Waals surface area contributed by atoms with E-state index in [1.165, 1.54) is 10.4 Å². The van der Waals surface area contributed by atoms with E-state index in [9.17, 15) is 9.59 Å². The minimum absolute atomic E-state index is 0.0555. The number of hydrogen-bond donors (Lipinski definition) is 0. The number of rotatable bonds is 8. The fraction of sp³-hybridized carbons (Fsp3) is 0.545. The molecule has 0 fully saturated rings. The van der Waals surface area contributed by atoms with Gasteiger partial charge >= 0.3 is 5.97 Å². The van der Waals surface area contributed by atoms with Crippen LogP contribution in [0.3, 0.4) is 0 Å². The van der Waals surface area contributed by atoms with Crippen LogP contribution in [0.2, 0.25) is 23.2 Å². The first kappa shape index (κ1) is 42.2. The molecule has 0 bridgehead atoms. The monoisotopic (exact) mass is 726 g/mol. The van der Waals surface area contributed by atoms with E-state index in [1.807, 2.05) is 39.8 Å². The van der Waals surface area contributed by atoms with E-state index in [1.54, 1.807) is 0 Å². The molecule has 2 aromatic rings. The number of hydrogen-bond acceptors (Lipinski definition) is 5. The zero-order valence-corrected chi connectivity index (χ0v) is 35.4. The summed E-state index contributed by atoms with van der Waals surface area (Å²) in [5.74, 6) is 11.8. The summed E-state index contributed by atoms with van der Waals surface area (Å²) in [5, 5.41) is 2.04. The quantitative estimate of drug-likeness (QED) is 0.0894. The summed E-state index contributed by atoms with van der Waals surface area (Å²) in [4.78, 5) is 27.2.